The lowest BCUT2D eigenvalue weighted by atomic mass is 10.1. The van der Waals surface area contributed by atoms with Gasteiger partial charge in [-0.2, -0.15) is 13.2 Å². The number of nitrogens with one attached hydrogen (secondary N) is 3. The van der Waals surface area contributed by atoms with Crippen molar-refractivity contribution in [2.75, 3.05) is 17.2 Å². The number of hydrogen-bond donors (Lipinski definition) is 3. The Hall–Kier alpha value is -3.99. The van der Waals surface area contributed by atoms with E-state index in [1.807, 2.05) is 50.2 Å². The second kappa shape index (κ2) is 10.5. The molecule has 8 nitrogen and oxygen atoms in total. The largest absolute Gasteiger partial charge is 0.434 e. The molecule has 0 radical (unpaired) electrons. The first-order valence-electron chi connectivity index (χ1n) is 13.6. The maximum atomic E-state index is 13.3. The third kappa shape index (κ3) is 5.51. The summed E-state index contributed by atoms with van der Waals surface area (Å²) in [5, 5.41) is 10.4. The molecule has 6 rings (SSSR count). The van der Waals surface area contributed by atoms with E-state index in [0.717, 1.165) is 66.0 Å². The van der Waals surface area contributed by atoms with Crippen molar-refractivity contribution in [3.63, 3.8) is 0 Å². The van der Waals surface area contributed by atoms with E-state index in [2.05, 4.69) is 25.9 Å². The Morgan fingerprint density at radius 3 is 2.58 bits per heavy atom. The van der Waals surface area contributed by atoms with Gasteiger partial charge >= 0.3 is 6.18 Å². The number of imidazole rings is 1. The summed E-state index contributed by atoms with van der Waals surface area (Å²) in [6.45, 7) is 5.70. The van der Waals surface area contributed by atoms with Crippen molar-refractivity contribution >= 4 is 11.6 Å². The minimum Gasteiger partial charge on any atom is -0.367 e. The van der Waals surface area contributed by atoms with Crippen molar-refractivity contribution in [1.29, 1.82) is 0 Å². The van der Waals surface area contributed by atoms with Crippen LogP contribution in [0, 0.1) is 0 Å². The molecule has 1 saturated carbocycles. The van der Waals surface area contributed by atoms with Crippen molar-refractivity contribution in [1.82, 2.24) is 29.8 Å². The Morgan fingerprint density at radius 2 is 1.85 bits per heavy atom. The molecule has 3 aromatic heterocycles. The van der Waals surface area contributed by atoms with Gasteiger partial charge in [0, 0.05) is 61.7 Å². The Morgan fingerprint density at radius 1 is 1.05 bits per heavy atom. The van der Waals surface area contributed by atoms with E-state index in [9.17, 15) is 13.2 Å². The van der Waals surface area contributed by atoms with E-state index in [0.29, 0.717) is 36.3 Å². The number of halogens is 3. The average molecular weight is 549 g/mol. The van der Waals surface area contributed by atoms with Gasteiger partial charge < -0.3 is 20.5 Å². The lowest BCUT2D eigenvalue weighted by Crippen LogP contribution is -2.26. The second-order valence-electron chi connectivity index (χ2n) is 10.6. The molecular weight excluding hydrogens is 517 g/mol. The Bertz CT molecular complexity index is 1510. The van der Waals surface area contributed by atoms with Crippen LogP contribution < -0.4 is 16.0 Å². The van der Waals surface area contributed by atoms with Crippen LogP contribution in [-0.2, 0) is 25.7 Å². The van der Waals surface area contributed by atoms with Crippen LogP contribution >= 0.6 is 0 Å². The molecule has 0 unspecified atom stereocenters. The van der Waals surface area contributed by atoms with Gasteiger partial charge in [0.15, 0.2) is 11.5 Å². The number of nitrogens with zero attached hydrogens (tertiary/aromatic N) is 5. The zero-order chi connectivity index (χ0) is 27.9. The predicted octanol–water partition coefficient (Wildman–Crippen LogP) is 5.83. The molecule has 4 aromatic rings. The summed E-state index contributed by atoms with van der Waals surface area (Å²) in [6, 6.07) is 11.6. The van der Waals surface area contributed by atoms with Gasteiger partial charge in [-0.15, -0.1) is 0 Å². The molecule has 40 heavy (non-hydrogen) atoms. The van der Waals surface area contributed by atoms with Gasteiger partial charge in [-0.1, -0.05) is 24.3 Å². The fraction of sp³-hybridized carbons (Fsp3) is 0.379. The van der Waals surface area contributed by atoms with Gasteiger partial charge in [0.25, 0.3) is 0 Å². The standard InChI is InChI=1S/C29H31F3N8/c1-17(2)40-16-24(29(30,31)32)38-28(40)19-7-5-18(6-8-19)14-35-26-22-15-33-13-11-23(22)37-27(39-26)21-4-3-12-34-25(21)36-20-9-10-20/h3-8,12,16-17,20,33H,9-11,13-15H2,1-2H3,(H,34,36)(H,35,37,39). The molecule has 1 fully saturated rings. The quantitative estimate of drug-likeness (QED) is 0.255. The van der Waals surface area contributed by atoms with Crippen LogP contribution in [0.3, 0.4) is 0 Å². The van der Waals surface area contributed by atoms with Gasteiger partial charge in [-0.25, -0.2) is 19.9 Å². The third-order valence-electron chi connectivity index (χ3n) is 7.15. The van der Waals surface area contributed by atoms with Gasteiger partial charge in [-0.3, -0.25) is 0 Å². The van der Waals surface area contributed by atoms with Crippen LogP contribution in [0.4, 0.5) is 24.8 Å². The van der Waals surface area contributed by atoms with Crippen LogP contribution in [0.5, 0.6) is 0 Å². The van der Waals surface area contributed by atoms with E-state index in [1.165, 1.54) is 0 Å². The van der Waals surface area contributed by atoms with Gasteiger partial charge in [0.05, 0.1) is 11.3 Å². The van der Waals surface area contributed by atoms with E-state index < -0.39 is 11.9 Å². The van der Waals surface area contributed by atoms with Crippen LogP contribution in [0.2, 0.25) is 0 Å². The Labute approximate surface area is 230 Å². The number of fused-ring (bicyclic) bond motifs is 1. The highest BCUT2D eigenvalue weighted by atomic mass is 19.4. The molecule has 11 heteroatoms. The van der Waals surface area contributed by atoms with Crippen LogP contribution in [0.25, 0.3) is 22.8 Å². The van der Waals surface area contributed by atoms with E-state index in [1.54, 1.807) is 10.8 Å². The van der Waals surface area contributed by atoms with Crippen molar-refractivity contribution in [2.24, 2.45) is 0 Å². The Balaban J connectivity index is 1.25. The fourth-order valence-electron chi connectivity index (χ4n) is 4.83. The smallest absolute Gasteiger partial charge is 0.367 e. The van der Waals surface area contributed by atoms with Crippen molar-refractivity contribution in [2.45, 2.75) is 64.5 Å². The Kier molecular flexibility index (Phi) is 6.91. The molecule has 2 aliphatic rings. The number of benzene rings is 1. The summed E-state index contributed by atoms with van der Waals surface area (Å²) in [4.78, 5) is 18.3. The maximum absolute atomic E-state index is 13.3. The summed E-state index contributed by atoms with van der Waals surface area (Å²) in [7, 11) is 0. The van der Waals surface area contributed by atoms with E-state index >= 15 is 0 Å². The average Bonchev–Trinajstić information content (AvgIpc) is 3.63. The summed E-state index contributed by atoms with van der Waals surface area (Å²) in [6.07, 6.45) is 1.45. The SMILES string of the molecule is CC(C)n1cc(C(F)(F)F)nc1-c1ccc(CNc2nc(-c3cccnc3NC3CC3)nc3c2CNCC3)cc1. The molecule has 1 aliphatic heterocycles. The minimum absolute atomic E-state index is 0.161. The first-order chi connectivity index (χ1) is 19.3. The maximum Gasteiger partial charge on any atom is 0.434 e. The highest BCUT2D eigenvalue weighted by Gasteiger charge is 2.35. The number of alkyl halides is 3. The lowest BCUT2D eigenvalue weighted by molar-refractivity contribution is -0.140. The van der Waals surface area contributed by atoms with E-state index in [4.69, 9.17) is 9.97 Å². The summed E-state index contributed by atoms with van der Waals surface area (Å²) in [5.41, 5.74) is 3.66. The second-order valence-corrected chi connectivity index (χ2v) is 10.6. The minimum atomic E-state index is -4.49. The van der Waals surface area contributed by atoms with Gasteiger partial charge in [0.1, 0.15) is 17.5 Å². The lowest BCUT2D eigenvalue weighted by Gasteiger charge is -2.21. The molecular formula is C29H31F3N8. The third-order valence-corrected chi connectivity index (χ3v) is 7.15. The fourth-order valence-corrected chi connectivity index (χ4v) is 4.83. The highest BCUT2D eigenvalue weighted by molar-refractivity contribution is 5.72. The number of anilines is 2. The molecule has 1 aliphatic carbocycles. The van der Waals surface area contributed by atoms with Crippen molar-refractivity contribution < 1.29 is 13.2 Å². The zero-order valence-electron chi connectivity index (χ0n) is 22.4. The normalized spacial score (nSPS) is 15.2. The predicted molar refractivity (Wildman–Crippen MR) is 148 cm³/mol. The summed E-state index contributed by atoms with van der Waals surface area (Å²) < 4.78 is 41.5. The molecule has 0 spiro atoms. The molecule has 1 aromatic carbocycles. The molecule has 4 heterocycles. The number of hydrogen-bond acceptors (Lipinski definition) is 7. The molecule has 0 atom stereocenters. The summed E-state index contributed by atoms with van der Waals surface area (Å²) >= 11 is 0. The molecule has 0 saturated heterocycles. The number of pyridine rings is 1. The van der Waals surface area contributed by atoms with Crippen LogP contribution in [0.15, 0.2) is 48.8 Å². The van der Waals surface area contributed by atoms with Gasteiger partial charge in [-0.05, 0) is 44.4 Å². The van der Waals surface area contributed by atoms with E-state index in [-0.39, 0.29) is 6.04 Å². The zero-order valence-corrected chi connectivity index (χ0v) is 22.4. The first-order valence-corrected chi connectivity index (χ1v) is 13.6. The molecule has 208 valence electrons. The number of aromatic nitrogens is 5. The topological polar surface area (TPSA) is 92.6 Å². The first kappa shape index (κ1) is 26.2. The monoisotopic (exact) mass is 548 g/mol. The highest BCUT2D eigenvalue weighted by Crippen LogP contribution is 2.34. The van der Waals surface area contributed by atoms with Crippen LogP contribution in [-0.4, -0.2) is 37.1 Å². The van der Waals surface area contributed by atoms with Crippen molar-refractivity contribution in [3.8, 4) is 22.8 Å². The van der Waals surface area contributed by atoms with Crippen LogP contribution in [0.1, 0.15) is 55.2 Å². The summed E-state index contributed by atoms with van der Waals surface area (Å²) in [5.74, 6) is 2.50. The molecule has 0 amide bonds. The van der Waals surface area contributed by atoms with Crippen molar-refractivity contribution in [3.05, 3.63) is 71.3 Å². The molecule has 0 bridgehead atoms. The number of rotatable bonds is 8. The molecule has 3 N–H and O–H groups in total. The van der Waals surface area contributed by atoms with Gasteiger partial charge in [0.2, 0.25) is 0 Å².